The number of nitrogens with zero attached hydrogens (tertiary/aromatic N) is 4. The maximum Gasteiger partial charge on any atom is 0.241 e. The van der Waals surface area contributed by atoms with Crippen LogP contribution < -0.4 is 20.7 Å². The van der Waals surface area contributed by atoms with Crippen molar-refractivity contribution in [3.05, 3.63) is 35.0 Å². The van der Waals surface area contributed by atoms with Gasteiger partial charge in [-0.05, 0) is 32.0 Å². The second-order valence-corrected chi connectivity index (χ2v) is 7.73. The van der Waals surface area contributed by atoms with E-state index in [4.69, 9.17) is 10.5 Å². The smallest absolute Gasteiger partial charge is 0.241 e. The fourth-order valence-electron chi connectivity index (χ4n) is 3.66. The molecule has 1 saturated heterocycles. The van der Waals surface area contributed by atoms with Gasteiger partial charge in [0.05, 0.1) is 13.7 Å². The quantitative estimate of drug-likeness (QED) is 0.643. The number of hydrogen-bond acceptors (Lipinski definition) is 7. The number of methoxy groups -OCH3 is 1. The van der Waals surface area contributed by atoms with Crippen LogP contribution in [0.2, 0.25) is 0 Å². The minimum Gasteiger partial charge on any atom is -0.496 e. The van der Waals surface area contributed by atoms with Gasteiger partial charge in [0.2, 0.25) is 11.9 Å². The number of rotatable bonds is 8. The minimum absolute atomic E-state index is 0.101. The van der Waals surface area contributed by atoms with Crippen LogP contribution in [0.15, 0.2) is 18.2 Å². The largest absolute Gasteiger partial charge is 0.496 e. The van der Waals surface area contributed by atoms with E-state index in [1.165, 1.54) is 0 Å². The molecule has 1 aliphatic heterocycles. The third-order valence-electron chi connectivity index (χ3n) is 5.42. The molecule has 0 saturated carbocycles. The Morgan fingerprint density at radius 1 is 1.27 bits per heavy atom. The predicted molar refractivity (Wildman–Crippen MR) is 120 cm³/mol. The summed E-state index contributed by atoms with van der Waals surface area (Å²) >= 11 is 0. The molecule has 2 aromatic rings. The Morgan fingerprint density at radius 2 is 2.07 bits per heavy atom. The van der Waals surface area contributed by atoms with Crippen molar-refractivity contribution in [2.24, 2.45) is 0 Å². The summed E-state index contributed by atoms with van der Waals surface area (Å²) in [6, 6.07) is 5.94. The molecule has 0 atom stereocenters. The summed E-state index contributed by atoms with van der Waals surface area (Å²) in [5, 5.41) is 3.40. The van der Waals surface area contributed by atoms with E-state index in [9.17, 15) is 4.79 Å². The molecule has 0 aliphatic carbocycles. The first-order valence-corrected chi connectivity index (χ1v) is 10.5. The number of amides is 1. The average molecular weight is 413 g/mol. The Hall–Kier alpha value is -2.87. The number of hydrogen-bond donors (Lipinski definition) is 2. The third kappa shape index (κ3) is 4.99. The van der Waals surface area contributed by atoms with Crippen molar-refractivity contribution in [2.75, 3.05) is 56.3 Å². The van der Waals surface area contributed by atoms with Crippen molar-refractivity contribution in [3.8, 4) is 5.75 Å². The Balaban J connectivity index is 1.87. The lowest BCUT2D eigenvalue weighted by atomic mass is 10.0. The molecule has 1 fully saturated rings. The molecular formula is C22H32N6O2. The number of ether oxygens (including phenoxy) is 1. The summed E-state index contributed by atoms with van der Waals surface area (Å²) in [5.74, 6) is 1.89. The topological polar surface area (TPSA) is 96.6 Å². The second kappa shape index (κ2) is 9.75. The van der Waals surface area contributed by atoms with E-state index >= 15 is 0 Å². The van der Waals surface area contributed by atoms with Gasteiger partial charge >= 0.3 is 0 Å². The highest BCUT2D eigenvalue weighted by Crippen LogP contribution is 2.31. The number of nitrogens with one attached hydrogen (secondary N) is 1. The number of benzene rings is 1. The summed E-state index contributed by atoms with van der Waals surface area (Å²) < 4.78 is 5.67. The number of unbranched alkanes of at least 4 members (excludes halogenated alkanes) is 1. The van der Waals surface area contributed by atoms with E-state index < -0.39 is 0 Å². The molecule has 1 aliphatic rings. The molecule has 3 N–H and O–H groups in total. The lowest BCUT2D eigenvalue weighted by Crippen LogP contribution is -2.48. The molecule has 0 bridgehead atoms. The molecule has 8 nitrogen and oxygen atoms in total. The van der Waals surface area contributed by atoms with Gasteiger partial charge in [-0.3, -0.25) is 9.69 Å². The van der Waals surface area contributed by atoms with E-state index in [0.29, 0.717) is 19.5 Å². The van der Waals surface area contributed by atoms with Gasteiger partial charge in [0.15, 0.2) is 0 Å². The van der Waals surface area contributed by atoms with Crippen LogP contribution in [0.5, 0.6) is 5.75 Å². The van der Waals surface area contributed by atoms with Crippen LogP contribution in [0.1, 0.15) is 36.6 Å². The molecule has 1 aromatic carbocycles. The van der Waals surface area contributed by atoms with Crippen LogP contribution in [0.4, 0.5) is 17.5 Å². The Kier molecular flexibility index (Phi) is 7.10. The predicted octanol–water partition coefficient (Wildman–Crippen LogP) is 2.46. The zero-order valence-corrected chi connectivity index (χ0v) is 18.4. The van der Waals surface area contributed by atoms with E-state index in [0.717, 1.165) is 60.0 Å². The number of carbonyl (C=O) groups excluding carboxylic acids is 1. The first kappa shape index (κ1) is 21.8. The highest BCUT2D eigenvalue weighted by atomic mass is 16.5. The summed E-state index contributed by atoms with van der Waals surface area (Å²) in [7, 11) is 3.61. The van der Waals surface area contributed by atoms with Crippen LogP contribution in [-0.2, 0) is 11.2 Å². The summed E-state index contributed by atoms with van der Waals surface area (Å²) in [6.45, 7) is 6.89. The van der Waals surface area contributed by atoms with E-state index in [2.05, 4.69) is 22.2 Å². The van der Waals surface area contributed by atoms with Crippen LogP contribution in [0.25, 0.3) is 0 Å². The van der Waals surface area contributed by atoms with Gasteiger partial charge in [-0.1, -0.05) is 19.4 Å². The Labute approximate surface area is 178 Å². The second-order valence-electron chi connectivity index (χ2n) is 7.73. The summed E-state index contributed by atoms with van der Waals surface area (Å²) in [6.07, 6.45) is 2.77. The first-order chi connectivity index (χ1) is 14.4. The Bertz CT molecular complexity index is 901. The van der Waals surface area contributed by atoms with Crippen molar-refractivity contribution in [3.63, 3.8) is 0 Å². The molecular weight excluding hydrogens is 380 g/mol. The van der Waals surface area contributed by atoms with Crippen LogP contribution in [-0.4, -0.2) is 61.1 Å². The number of nitrogen functional groups attached to an aromatic ring is 1. The van der Waals surface area contributed by atoms with Crippen LogP contribution >= 0.6 is 0 Å². The van der Waals surface area contributed by atoms with Crippen molar-refractivity contribution >= 4 is 23.4 Å². The Morgan fingerprint density at radius 3 is 2.77 bits per heavy atom. The number of piperazine rings is 1. The number of aryl methyl sites for hydroxylation is 1. The summed E-state index contributed by atoms with van der Waals surface area (Å²) in [4.78, 5) is 25.1. The van der Waals surface area contributed by atoms with Crippen molar-refractivity contribution in [1.29, 1.82) is 0 Å². The molecule has 1 amide bonds. The molecule has 8 heteroatoms. The molecule has 0 spiro atoms. The molecule has 3 rings (SSSR count). The molecule has 0 unspecified atom stereocenters. The normalized spacial score (nSPS) is 14.8. The standard InChI is InChI=1S/C22H32N6O2/c1-5-6-9-24-21-18(15(2)25-22(23)26-21)12-16-7-8-17(13-19(16)30-4)28-11-10-27(3)14-20(28)29/h7-8,13H,5-6,9-12,14H2,1-4H3,(H3,23,24,25,26). The monoisotopic (exact) mass is 412 g/mol. The average Bonchev–Trinajstić information content (AvgIpc) is 2.71. The molecule has 162 valence electrons. The lowest BCUT2D eigenvalue weighted by molar-refractivity contribution is -0.120. The first-order valence-electron chi connectivity index (χ1n) is 10.5. The van der Waals surface area contributed by atoms with Gasteiger partial charge in [0.1, 0.15) is 11.6 Å². The molecule has 0 radical (unpaired) electrons. The van der Waals surface area contributed by atoms with Gasteiger partial charge in [-0.15, -0.1) is 0 Å². The van der Waals surface area contributed by atoms with E-state index in [1.54, 1.807) is 7.11 Å². The fraction of sp³-hybridized carbons (Fsp3) is 0.500. The summed E-state index contributed by atoms with van der Waals surface area (Å²) in [5.41, 5.74) is 9.60. The number of carbonyl (C=O) groups is 1. The highest BCUT2D eigenvalue weighted by molar-refractivity contribution is 5.95. The minimum atomic E-state index is 0.101. The van der Waals surface area contributed by atoms with Gasteiger partial charge in [-0.2, -0.15) is 4.98 Å². The highest BCUT2D eigenvalue weighted by Gasteiger charge is 2.24. The van der Waals surface area contributed by atoms with Gasteiger partial charge in [-0.25, -0.2) is 4.98 Å². The number of anilines is 3. The zero-order chi connectivity index (χ0) is 21.7. The lowest BCUT2D eigenvalue weighted by Gasteiger charge is -2.32. The zero-order valence-electron chi connectivity index (χ0n) is 18.4. The van der Waals surface area contributed by atoms with Gasteiger partial charge in [0, 0.05) is 49.1 Å². The maximum atomic E-state index is 12.4. The van der Waals surface area contributed by atoms with Crippen LogP contribution in [0, 0.1) is 6.92 Å². The number of nitrogens with two attached hydrogens (primary N) is 1. The van der Waals surface area contributed by atoms with Crippen molar-refractivity contribution in [1.82, 2.24) is 14.9 Å². The third-order valence-corrected chi connectivity index (χ3v) is 5.42. The van der Waals surface area contributed by atoms with E-state index in [1.807, 2.05) is 42.0 Å². The molecule has 1 aromatic heterocycles. The van der Waals surface area contributed by atoms with Crippen LogP contribution in [0.3, 0.4) is 0 Å². The SMILES string of the molecule is CCCCNc1nc(N)nc(C)c1Cc1ccc(N2CCN(C)CC2=O)cc1OC. The molecule has 2 heterocycles. The van der Waals surface area contributed by atoms with Gasteiger partial charge in [0.25, 0.3) is 0 Å². The van der Waals surface area contributed by atoms with Crippen molar-refractivity contribution < 1.29 is 9.53 Å². The maximum absolute atomic E-state index is 12.4. The van der Waals surface area contributed by atoms with E-state index in [-0.39, 0.29) is 11.9 Å². The van der Waals surface area contributed by atoms with Crippen molar-refractivity contribution in [2.45, 2.75) is 33.1 Å². The molecule has 30 heavy (non-hydrogen) atoms. The number of aromatic nitrogens is 2. The fourth-order valence-corrected chi connectivity index (χ4v) is 3.66. The number of likely N-dealkylation sites (N-methyl/N-ethyl adjacent to an activating group) is 1. The van der Waals surface area contributed by atoms with Gasteiger partial charge < -0.3 is 20.7 Å².